The molecule has 0 radical (unpaired) electrons. The number of rotatable bonds is 5. The molecule has 0 aliphatic carbocycles. The monoisotopic (exact) mass is 195 g/mol. The predicted octanol–water partition coefficient (Wildman–Crippen LogP) is 1.03. The van der Waals surface area contributed by atoms with Crippen LogP contribution in [0.25, 0.3) is 0 Å². The Hall–Kier alpha value is -0.610. The van der Waals surface area contributed by atoms with Crippen molar-refractivity contribution in [3.05, 3.63) is 0 Å². The van der Waals surface area contributed by atoms with E-state index < -0.39 is 12.1 Å². The highest BCUT2D eigenvalue weighted by Gasteiger charge is 2.15. The first-order valence-corrected chi connectivity index (χ1v) is 3.55. The Morgan fingerprint density at radius 3 is 2.42 bits per heavy atom. The van der Waals surface area contributed by atoms with Crippen molar-refractivity contribution in [2.24, 2.45) is 0 Å². The Balaban J connectivity index is 0. The minimum Gasteiger partial charge on any atom is -0.464 e. The highest BCUT2D eigenvalue weighted by atomic mass is 35.5. The molecule has 0 aliphatic rings. The highest BCUT2D eigenvalue weighted by molar-refractivity contribution is 5.91. The van der Waals surface area contributed by atoms with Crippen LogP contribution in [0.4, 0.5) is 0 Å². The lowest BCUT2D eigenvalue weighted by Crippen LogP contribution is -2.27. The van der Waals surface area contributed by atoms with Gasteiger partial charge < -0.3 is 14.9 Å². The maximum atomic E-state index is 10.9. The van der Waals surface area contributed by atoms with E-state index in [0.29, 0.717) is 13.2 Å². The highest BCUT2D eigenvalue weighted by Crippen LogP contribution is 1.91. The average Bonchev–Trinajstić information content (AvgIpc) is 2.00. The summed E-state index contributed by atoms with van der Waals surface area (Å²) in [7, 11) is 0. The Morgan fingerprint density at radius 1 is 1.50 bits per heavy atom. The second-order valence-electron chi connectivity index (χ2n) is 1.79. The van der Waals surface area contributed by atoms with Gasteiger partial charge in [0.1, 0.15) is 0 Å². The summed E-state index contributed by atoms with van der Waals surface area (Å²) < 4.78 is 9.52. The molecule has 0 amide bonds. The van der Waals surface area contributed by atoms with Gasteiger partial charge in [-0.15, -0.1) is 12.4 Å². The SMILES string of the molecule is CCOC(=O)C(C=N)OCC.Cl. The van der Waals surface area contributed by atoms with Crippen molar-refractivity contribution in [1.82, 2.24) is 0 Å². The van der Waals surface area contributed by atoms with Crippen LogP contribution in [0.5, 0.6) is 0 Å². The van der Waals surface area contributed by atoms with E-state index in [1.54, 1.807) is 13.8 Å². The molecule has 0 aliphatic heterocycles. The van der Waals surface area contributed by atoms with Crippen LogP contribution in [0.3, 0.4) is 0 Å². The molecule has 0 heterocycles. The number of ether oxygens (including phenoxy) is 2. The first kappa shape index (κ1) is 13.9. The fraction of sp³-hybridized carbons (Fsp3) is 0.714. The van der Waals surface area contributed by atoms with Crippen molar-refractivity contribution in [3.63, 3.8) is 0 Å². The van der Waals surface area contributed by atoms with Crippen LogP contribution in [0.1, 0.15) is 13.8 Å². The van der Waals surface area contributed by atoms with Gasteiger partial charge >= 0.3 is 5.97 Å². The van der Waals surface area contributed by atoms with Crippen molar-refractivity contribution >= 4 is 24.6 Å². The predicted molar refractivity (Wildman–Crippen MR) is 48.1 cm³/mol. The van der Waals surface area contributed by atoms with Gasteiger partial charge in [0, 0.05) is 12.8 Å². The van der Waals surface area contributed by atoms with Crippen molar-refractivity contribution in [1.29, 1.82) is 5.41 Å². The van der Waals surface area contributed by atoms with Gasteiger partial charge in [0.05, 0.1) is 6.61 Å². The van der Waals surface area contributed by atoms with Gasteiger partial charge in [-0.2, -0.15) is 0 Å². The minimum absolute atomic E-state index is 0. The number of carbonyl (C=O) groups excluding carboxylic acids is 1. The molecule has 0 bridgehead atoms. The Kier molecular flexibility index (Phi) is 9.86. The fourth-order valence-electron chi connectivity index (χ4n) is 0.588. The molecule has 0 aromatic carbocycles. The number of carbonyl (C=O) groups is 1. The van der Waals surface area contributed by atoms with Crippen LogP contribution in [0.15, 0.2) is 0 Å². The quantitative estimate of drug-likeness (QED) is 0.527. The third-order valence-electron chi connectivity index (χ3n) is 1.02. The first-order valence-electron chi connectivity index (χ1n) is 3.55. The van der Waals surface area contributed by atoms with Crippen molar-refractivity contribution in [2.75, 3.05) is 13.2 Å². The average molecular weight is 196 g/mol. The van der Waals surface area contributed by atoms with E-state index in [-0.39, 0.29) is 12.4 Å². The molecule has 0 rings (SSSR count). The maximum Gasteiger partial charge on any atom is 0.340 e. The van der Waals surface area contributed by atoms with Gasteiger partial charge in [-0.1, -0.05) is 0 Å². The van der Waals surface area contributed by atoms with E-state index >= 15 is 0 Å². The second-order valence-corrected chi connectivity index (χ2v) is 1.79. The van der Waals surface area contributed by atoms with Crippen LogP contribution < -0.4 is 0 Å². The molecule has 0 saturated carbocycles. The molecule has 1 N–H and O–H groups in total. The van der Waals surface area contributed by atoms with Gasteiger partial charge in [0.2, 0.25) is 0 Å². The Morgan fingerprint density at radius 2 is 2.08 bits per heavy atom. The number of halogens is 1. The summed E-state index contributed by atoms with van der Waals surface area (Å²) in [5.74, 6) is -0.496. The van der Waals surface area contributed by atoms with E-state index in [4.69, 9.17) is 10.1 Å². The molecule has 4 nitrogen and oxygen atoms in total. The summed E-state index contributed by atoms with van der Waals surface area (Å²) in [6.45, 7) is 4.19. The summed E-state index contributed by atoms with van der Waals surface area (Å²) >= 11 is 0. The van der Waals surface area contributed by atoms with Crippen molar-refractivity contribution in [3.8, 4) is 0 Å². The lowest BCUT2D eigenvalue weighted by molar-refractivity contribution is -0.151. The zero-order valence-corrected chi connectivity index (χ0v) is 8.02. The minimum atomic E-state index is -0.833. The lowest BCUT2D eigenvalue weighted by Gasteiger charge is -2.09. The van der Waals surface area contributed by atoms with Gasteiger partial charge in [0.25, 0.3) is 0 Å². The smallest absolute Gasteiger partial charge is 0.340 e. The number of esters is 1. The van der Waals surface area contributed by atoms with Crippen LogP contribution in [0.2, 0.25) is 0 Å². The van der Waals surface area contributed by atoms with E-state index in [2.05, 4.69) is 4.74 Å². The number of hydrogen-bond acceptors (Lipinski definition) is 4. The molecule has 0 aromatic rings. The van der Waals surface area contributed by atoms with Gasteiger partial charge in [-0.05, 0) is 13.8 Å². The topological polar surface area (TPSA) is 59.4 Å². The summed E-state index contributed by atoms with van der Waals surface area (Å²) in [5, 5.41) is 6.82. The third kappa shape index (κ3) is 5.09. The zero-order valence-electron chi connectivity index (χ0n) is 7.20. The van der Waals surface area contributed by atoms with Gasteiger partial charge in [-0.3, -0.25) is 0 Å². The van der Waals surface area contributed by atoms with Crippen LogP contribution in [0, 0.1) is 5.41 Å². The largest absolute Gasteiger partial charge is 0.464 e. The summed E-state index contributed by atoms with van der Waals surface area (Å²) in [6, 6.07) is 0. The van der Waals surface area contributed by atoms with Crippen LogP contribution in [-0.2, 0) is 14.3 Å². The molecule has 1 atom stereocenters. The number of nitrogens with one attached hydrogen (secondary N) is 1. The normalized spacial score (nSPS) is 11.2. The molecule has 0 spiro atoms. The summed E-state index contributed by atoms with van der Waals surface area (Å²) in [4.78, 5) is 10.9. The van der Waals surface area contributed by atoms with Crippen molar-refractivity contribution < 1.29 is 14.3 Å². The number of hydrogen-bond donors (Lipinski definition) is 1. The molecular formula is C7H14ClNO3. The van der Waals surface area contributed by atoms with Crippen LogP contribution >= 0.6 is 12.4 Å². The molecular weight excluding hydrogens is 182 g/mol. The molecule has 0 saturated heterocycles. The van der Waals surface area contributed by atoms with E-state index in [1.807, 2.05) is 0 Å². The second kappa shape index (κ2) is 8.49. The molecule has 1 unspecified atom stereocenters. The summed E-state index contributed by atoms with van der Waals surface area (Å²) in [6.07, 6.45) is 0.0987. The van der Waals surface area contributed by atoms with Gasteiger partial charge in [-0.25, -0.2) is 4.79 Å². The standard InChI is InChI=1S/C7H13NO3.ClH/c1-3-10-6(5-8)7(9)11-4-2;/h5-6,8H,3-4H2,1-2H3;1H. The Labute approximate surface area is 78.2 Å². The van der Waals surface area contributed by atoms with Gasteiger partial charge in [0.15, 0.2) is 6.10 Å². The molecule has 12 heavy (non-hydrogen) atoms. The molecule has 0 fully saturated rings. The summed E-state index contributed by atoms with van der Waals surface area (Å²) in [5.41, 5.74) is 0. The van der Waals surface area contributed by atoms with E-state index in [1.165, 1.54) is 0 Å². The fourth-order valence-corrected chi connectivity index (χ4v) is 0.588. The molecule has 72 valence electrons. The lowest BCUT2D eigenvalue weighted by atomic mass is 10.4. The third-order valence-corrected chi connectivity index (χ3v) is 1.02. The molecule has 0 aromatic heterocycles. The van der Waals surface area contributed by atoms with E-state index in [9.17, 15) is 4.79 Å². The maximum absolute atomic E-state index is 10.9. The Bertz CT molecular complexity index is 141. The zero-order chi connectivity index (χ0) is 8.69. The van der Waals surface area contributed by atoms with E-state index in [0.717, 1.165) is 6.21 Å². The van der Waals surface area contributed by atoms with Crippen molar-refractivity contribution in [2.45, 2.75) is 20.0 Å². The first-order chi connectivity index (χ1) is 5.26. The molecule has 5 heteroatoms. The van der Waals surface area contributed by atoms with Crippen LogP contribution in [-0.4, -0.2) is 31.5 Å².